The van der Waals surface area contributed by atoms with E-state index in [0.717, 1.165) is 12.8 Å². The Morgan fingerprint density at radius 3 is 2.62 bits per heavy atom. The number of Topliss-reactive ketones (excluding diaryl/α,β-unsaturated/α-hetero) is 1. The quantitative estimate of drug-likeness (QED) is 0.713. The maximum absolute atomic E-state index is 11.7. The molecule has 0 heterocycles. The Morgan fingerprint density at radius 2 is 2.08 bits per heavy atom. The molecule has 1 atom stereocenters. The largest absolute Gasteiger partial charge is 0.383 e. The van der Waals surface area contributed by atoms with E-state index in [2.05, 4.69) is 0 Å². The first-order valence-electron chi connectivity index (χ1n) is 5.04. The van der Waals surface area contributed by atoms with Crippen LogP contribution < -0.4 is 5.73 Å². The van der Waals surface area contributed by atoms with E-state index >= 15 is 0 Å². The molecule has 0 spiro atoms. The fraction of sp³-hybridized carbons (Fsp3) is 0.900. The zero-order chi connectivity index (χ0) is 9.68. The van der Waals surface area contributed by atoms with Crippen LogP contribution in [0.2, 0.25) is 0 Å². The van der Waals surface area contributed by atoms with Gasteiger partial charge in [-0.25, -0.2) is 0 Å². The minimum absolute atomic E-state index is 0.196. The second-order valence-electron chi connectivity index (χ2n) is 3.80. The van der Waals surface area contributed by atoms with Gasteiger partial charge in [0.25, 0.3) is 0 Å². The molecule has 0 aromatic heterocycles. The van der Waals surface area contributed by atoms with Crippen LogP contribution in [0.1, 0.15) is 32.1 Å². The van der Waals surface area contributed by atoms with Crippen LogP contribution in [0.5, 0.6) is 0 Å². The Hall–Kier alpha value is -0.410. The number of ketones is 1. The van der Waals surface area contributed by atoms with Crippen LogP contribution in [-0.2, 0) is 9.53 Å². The van der Waals surface area contributed by atoms with Crippen molar-refractivity contribution in [3.05, 3.63) is 0 Å². The molecule has 3 heteroatoms. The van der Waals surface area contributed by atoms with Crippen molar-refractivity contribution in [3.8, 4) is 0 Å². The first-order valence-corrected chi connectivity index (χ1v) is 5.04. The Morgan fingerprint density at radius 1 is 1.46 bits per heavy atom. The molecule has 0 bridgehead atoms. The van der Waals surface area contributed by atoms with Gasteiger partial charge < -0.3 is 10.5 Å². The summed E-state index contributed by atoms with van der Waals surface area (Å²) in [6.45, 7) is 0.356. The molecule has 0 aromatic carbocycles. The van der Waals surface area contributed by atoms with Crippen molar-refractivity contribution in [1.29, 1.82) is 0 Å². The third-order valence-electron chi connectivity index (χ3n) is 2.72. The first kappa shape index (κ1) is 10.7. The molecule has 0 aliphatic heterocycles. The van der Waals surface area contributed by atoms with E-state index in [9.17, 15) is 4.79 Å². The van der Waals surface area contributed by atoms with Crippen molar-refractivity contribution in [3.63, 3.8) is 0 Å². The highest BCUT2D eigenvalue weighted by molar-refractivity contribution is 5.86. The predicted octanol–water partition coefficient (Wildman–Crippen LogP) is 1.11. The summed E-state index contributed by atoms with van der Waals surface area (Å²) in [7, 11) is 1.58. The number of carbonyl (C=O) groups is 1. The van der Waals surface area contributed by atoms with Crippen LogP contribution in [0.25, 0.3) is 0 Å². The number of ether oxygens (including phenoxy) is 1. The Balaban J connectivity index is 2.36. The summed E-state index contributed by atoms with van der Waals surface area (Å²) in [5.74, 6) is 0.403. The first-order chi connectivity index (χ1) is 6.25. The van der Waals surface area contributed by atoms with E-state index in [0.29, 0.717) is 6.61 Å². The lowest BCUT2D eigenvalue weighted by Gasteiger charge is -2.22. The highest BCUT2D eigenvalue weighted by Crippen LogP contribution is 2.24. The zero-order valence-electron chi connectivity index (χ0n) is 8.29. The summed E-state index contributed by atoms with van der Waals surface area (Å²) in [6, 6.07) is -0.409. The molecule has 0 amide bonds. The van der Waals surface area contributed by atoms with E-state index in [1.165, 1.54) is 19.3 Å². The number of carbonyl (C=O) groups excluding carboxylic acids is 1. The second kappa shape index (κ2) is 5.35. The average Bonchev–Trinajstić information content (AvgIpc) is 2.18. The van der Waals surface area contributed by atoms with Gasteiger partial charge in [0, 0.05) is 13.0 Å². The molecule has 1 aliphatic carbocycles. The average molecular weight is 185 g/mol. The Kier molecular flexibility index (Phi) is 4.39. The van der Waals surface area contributed by atoms with Crippen LogP contribution in [0.4, 0.5) is 0 Å². The summed E-state index contributed by atoms with van der Waals surface area (Å²) in [5, 5.41) is 0. The van der Waals surface area contributed by atoms with Gasteiger partial charge >= 0.3 is 0 Å². The summed E-state index contributed by atoms with van der Waals surface area (Å²) in [5.41, 5.74) is 5.68. The molecule has 13 heavy (non-hydrogen) atoms. The Labute approximate surface area is 79.6 Å². The molecule has 1 saturated carbocycles. The summed E-state index contributed by atoms with van der Waals surface area (Å²) >= 11 is 0. The zero-order valence-corrected chi connectivity index (χ0v) is 8.29. The van der Waals surface area contributed by atoms with Crippen LogP contribution in [0, 0.1) is 5.92 Å². The van der Waals surface area contributed by atoms with Crippen LogP contribution in [0.15, 0.2) is 0 Å². The van der Waals surface area contributed by atoms with Gasteiger partial charge in [-0.1, -0.05) is 19.3 Å². The minimum Gasteiger partial charge on any atom is -0.383 e. The molecular weight excluding hydrogens is 166 g/mol. The van der Waals surface area contributed by atoms with Gasteiger partial charge in [-0.15, -0.1) is 0 Å². The highest BCUT2D eigenvalue weighted by Gasteiger charge is 2.25. The topological polar surface area (TPSA) is 52.3 Å². The van der Waals surface area contributed by atoms with E-state index in [-0.39, 0.29) is 11.7 Å². The van der Waals surface area contributed by atoms with Gasteiger partial charge in [-0.2, -0.15) is 0 Å². The molecule has 0 saturated heterocycles. The van der Waals surface area contributed by atoms with Gasteiger partial charge in [0.2, 0.25) is 0 Å². The number of rotatable bonds is 4. The predicted molar refractivity (Wildman–Crippen MR) is 51.4 cm³/mol. The van der Waals surface area contributed by atoms with Gasteiger partial charge in [-0.05, 0) is 12.8 Å². The fourth-order valence-corrected chi connectivity index (χ4v) is 1.95. The molecule has 76 valence electrons. The van der Waals surface area contributed by atoms with Crippen molar-refractivity contribution in [2.45, 2.75) is 38.1 Å². The smallest absolute Gasteiger partial charge is 0.154 e. The maximum atomic E-state index is 11.7. The van der Waals surface area contributed by atoms with Crippen molar-refractivity contribution >= 4 is 5.78 Å². The summed E-state index contributed by atoms with van der Waals surface area (Å²) < 4.78 is 4.87. The van der Waals surface area contributed by atoms with Crippen LogP contribution in [0.3, 0.4) is 0 Å². The molecule has 1 unspecified atom stereocenters. The molecule has 1 rings (SSSR count). The fourth-order valence-electron chi connectivity index (χ4n) is 1.95. The minimum atomic E-state index is -0.409. The molecule has 1 fully saturated rings. The van der Waals surface area contributed by atoms with Gasteiger partial charge in [0.15, 0.2) is 5.78 Å². The van der Waals surface area contributed by atoms with Crippen molar-refractivity contribution < 1.29 is 9.53 Å². The second-order valence-corrected chi connectivity index (χ2v) is 3.80. The third-order valence-corrected chi connectivity index (χ3v) is 2.72. The normalized spacial score (nSPS) is 21.4. The van der Waals surface area contributed by atoms with Crippen LogP contribution in [-0.4, -0.2) is 25.5 Å². The van der Waals surface area contributed by atoms with Gasteiger partial charge in [-0.3, -0.25) is 4.79 Å². The van der Waals surface area contributed by atoms with Gasteiger partial charge in [0.1, 0.15) is 0 Å². The number of nitrogens with two attached hydrogens (primary N) is 1. The lowest BCUT2D eigenvalue weighted by molar-refractivity contribution is -0.126. The summed E-state index contributed by atoms with van der Waals surface area (Å²) in [6.07, 6.45) is 5.67. The number of hydrogen-bond acceptors (Lipinski definition) is 3. The SMILES string of the molecule is COCC(N)C(=O)C1CCCCC1. The van der Waals surface area contributed by atoms with Crippen molar-refractivity contribution in [1.82, 2.24) is 0 Å². The molecule has 3 nitrogen and oxygen atoms in total. The molecule has 0 aromatic rings. The maximum Gasteiger partial charge on any atom is 0.154 e. The van der Waals surface area contributed by atoms with E-state index in [1.54, 1.807) is 7.11 Å². The highest BCUT2D eigenvalue weighted by atomic mass is 16.5. The lowest BCUT2D eigenvalue weighted by Crippen LogP contribution is -2.39. The van der Waals surface area contributed by atoms with Crippen LogP contribution >= 0.6 is 0 Å². The van der Waals surface area contributed by atoms with E-state index < -0.39 is 6.04 Å². The molecular formula is C10H19NO2. The van der Waals surface area contributed by atoms with Crippen molar-refractivity contribution in [2.75, 3.05) is 13.7 Å². The lowest BCUT2D eigenvalue weighted by atomic mass is 9.84. The molecule has 0 radical (unpaired) electrons. The number of hydrogen-bond donors (Lipinski definition) is 1. The summed E-state index contributed by atoms with van der Waals surface area (Å²) in [4.78, 5) is 11.7. The number of methoxy groups -OCH3 is 1. The van der Waals surface area contributed by atoms with Crippen molar-refractivity contribution in [2.24, 2.45) is 11.7 Å². The molecule has 2 N–H and O–H groups in total. The van der Waals surface area contributed by atoms with Gasteiger partial charge in [0.05, 0.1) is 12.6 Å². The standard InChI is InChI=1S/C10H19NO2/c1-13-7-9(11)10(12)8-5-3-2-4-6-8/h8-9H,2-7,11H2,1H3. The third kappa shape index (κ3) is 3.08. The van der Waals surface area contributed by atoms with E-state index in [1.807, 2.05) is 0 Å². The monoisotopic (exact) mass is 185 g/mol. The Bertz CT molecular complexity index is 164. The molecule has 1 aliphatic rings. The van der Waals surface area contributed by atoms with E-state index in [4.69, 9.17) is 10.5 Å².